The first kappa shape index (κ1) is 20.5. The van der Waals surface area contributed by atoms with Crippen LogP contribution >= 0.6 is 32.9 Å². The first-order valence-electron chi connectivity index (χ1n) is 9.71. The van der Waals surface area contributed by atoms with Gasteiger partial charge >= 0.3 is 0 Å². The lowest BCUT2D eigenvalue weighted by molar-refractivity contribution is 0.0961. The average Bonchev–Trinajstić information content (AvgIpc) is 3.04. The third-order valence-electron chi connectivity index (χ3n) is 5.61. The first-order valence-corrected chi connectivity index (χ1v) is 12.3. The molecule has 1 aromatic heterocycles. The predicted molar refractivity (Wildman–Crippen MR) is 128 cm³/mol. The molecule has 0 unspecified atom stereocenters. The van der Waals surface area contributed by atoms with Crippen LogP contribution in [0.4, 0.5) is 5.69 Å². The van der Waals surface area contributed by atoms with Crippen molar-refractivity contribution in [2.45, 2.75) is 52.5 Å². The van der Waals surface area contributed by atoms with Crippen LogP contribution in [-0.2, 0) is 11.0 Å². The van der Waals surface area contributed by atoms with E-state index >= 15 is 0 Å². The van der Waals surface area contributed by atoms with Crippen molar-refractivity contribution in [2.24, 2.45) is 0 Å². The second kappa shape index (κ2) is 6.86. The summed E-state index contributed by atoms with van der Waals surface area (Å²) in [6.07, 6.45) is 0. The molecule has 0 N–H and O–H groups in total. The molecular weight excluding hydrogens is 414 g/mol. The Morgan fingerprint density at radius 2 is 1.69 bits per heavy atom. The minimum absolute atomic E-state index is 0.0236. The molecule has 4 rings (SSSR count). The number of aryl methyl sites for hydroxylation is 1. The molecule has 2 heterocycles. The molecule has 3 aromatic rings. The Balaban J connectivity index is 1.87. The third-order valence-corrected chi connectivity index (χ3v) is 8.94. The second-order valence-corrected chi connectivity index (χ2v) is 12.0. The molecule has 1 aliphatic heterocycles. The van der Waals surface area contributed by atoms with Crippen LogP contribution in [0.2, 0.25) is 0 Å². The Kier molecular flexibility index (Phi) is 4.84. The lowest BCUT2D eigenvalue weighted by Gasteiger charge is -2.43. The van der Waals surface area contributed by atoms with E-state index in [2.05, 4.69) is 71.9 Å². The molecule has 1 aliphatic rings. The normalized spacial score (nSPS) is 15.0. The Morgan fingerprint density at radius 1 is 1.03 bits per heavy atom. The van der Waals surface area contributed by atoms with Crippen LogP contribution in [0, 0.1) is 10.7 Å². The molecule has 29 heavy (non-hydrogen) atoms. The largest absolute Gasteiger partial charge is 0.297 e. The highest BCUT2D eigenvalue weighted by Gasteiger charge is 2.43. The lowest BCUT2D eigenvalue weighted by Crippen LogP contribution is -2.47. The zero-order valence-electron chi connectivity index (χ0n) is 17.6. The van der Waals surface area contributed by atoms with Gasteiger partial charge < -0.3 is 0 Å². The van der Waals surface area contributed by atoms with E-state index in [4.69, 9.17) is 12.2 Å². The smallest absolute Gasteiger partial charge is 0.259 e. The molecule has 0 aliphatic carbocycles. The quantitative estimate of drug-likeness (QED) is 0.286. The van der Waals surface area contributed by atoms with Crippen LogP contribution in [0.25, 0.3) is 11.1 Å². The van der Waals surface area contributed by atoms with E-state index in [1.54, 1.807) is 20.7 Å². The van der Waals surface area contributed by atoms with Crippen molar-refractivity contribution in [1.29, 1.82) is 0 Å². The van der Waals surface area contributed by atoms with Gasteiger partial charge in [0.2, 0.25) is 0 Å². The third kappa shape index (κ3) is 3.29. The highest BCUT2D eigenvalue weighted by atomic mass is 32.9. The van der Waals surface area contributed by atoms with Crippen LogP contribution in [0.1, 0.15) is 61.0 Å². The Morgan fingerprint density at radius 3 is 2.31 bits per heavy atom. The lowest BCUT2D eigenvalue weighted by atomic mass is 9.85. The van der Waals surface area contributed by atoms with Gasteiger partial charge in [-0.25, -0.2) is 0 Å². The maximum atomic E-state index is 13.7. The van der Waals surface area contributed by atoms with Crippen molar-refractivity contribution in [3.05, 3.63) is 67.9 Å². The number of fused-ring (bicyclic) bond motifs is 3. The van der Waals surface area contributed by atoms with Crippen LogP contribution in [0.15, 0.2) is 42.5 Å². The fraction of sp³-hybridized carbons (Fsp3) is 0.333. The minimum atomic E-state index is -0.463. The summed E-state index contributed by atoms with van der Waals surface area (Å²) in [6, 6.07) is 14.3. The van der Waals surface area contributed by atoms with E-state index in [1.807, 2.05) is 17.0 Å². The second-order valence-electron chi connectivity index (χ2n) is 9.21. The number of benzene rings is 2. The molecule has 150 valence electrons. The fourth-order valence-electron chi connectivity index (χ4n) is 3.95. The number of carbonyl (C=O) groups is 1. The van der Waals surface area contributed by atoms with Gasteiger partial charge in [0, 0.05) is 16.7 Å². The van der Waals surface area contributed by atoms with Gasteiger partial charge in [-0.3, -0.25) is 9.69 Å². The van der Waals surface area contributed by atoms with E-state index in [9.17, 15) is 4.79 Å². The van der Waals surface area contributed by atoms with E-state index in [0.717, 1.165) is 20.6 Å². The molecule has 0 atom stereocenters. The molecule has 5 heteroatoms. The van der Waals surface area contributed by atoms with E-state index in [1.165, 1.54) is 16.0 Å². The number of hydrogen-bond donors (Lipinski definition) is 0. The fourth-order valence-corrected chi connectivity index (χ4v) is 7.23. The van der Waals surface area contributed by atoms with Gasteiger partial charge in [-0.05, 0) is 56.0 Å². The van der Waals surface area contributed by atoms with Gasteiger partial charge in [-0.2, -0.15) is 0 Å². The summed E-state index contributed by atoms with van der Waals surface area (Å²) in [7, 11) is 3.32. The molecule has 2 nitrogen and oxygen atoms in total. The number of nitrogens with zero attached hydrogens (tertiary/aromatic N) is 1. The van der Waals surface area contributed by atoms with E-state index in [-0.39, 0.29) is 11.3 Å². The van der Waals surface area contributed by atoms with Crippen molar-refractivity contribution in [3.8, 4) is 11.1 Å². The minimum Gasteiger partial charge on any atom is -0.297 e. The average molecular weight is 440 g/mol. The van der Waals surface area contributed by atoms with Gasteiger partial charge in [-0.15, -0.1) is 0 Å². The summed E-state index contributed by atoms with van der Waals surface area (Å²) < 4.78 is 0.909. The summed E-state index contributed by atoms with van der Waals surface area (Å²) in [5.41, 5.74) is 5.84. The molecule has 0 saturated carbocycles. The van der Waals surface area contributed by atoms with Crippen molar-refractivity contribution in [1.82, 2.24) is 0 Å². The van der Waals surface area contributed by atoms with Gasteiger partial charge in [0.1, 0.15) is 3.82 Å². The van der Waals surface area contributed by atoms with Gasteiger partial charge in [0.15, 0.2) is 0 Å². The number of amides is 1. The van der Waals surface area contributed by atoms with Crippen LogP contribution in [-0.4, -0.2) is 5.91 Å². The van der Waals surface area contributed by atoms with Gasteiger partial charge in [0.25, 0.3) is 5.91 Å². The van der Waals surface area contributed by atoms with Crippen molar-refractivity contribution < 1.29 is 4.79 Å². The highest BCUT2D eigenvalue weighted by molar-refractivity contribution is 7.80. The van der Waals surface area contributed by atoms with Gasteiger partial charge in [-0.1, -0.05) is 77.4 Å². The summed E-state index contributed by atoms with van der Waals surface area (Å²) in [6.45, 7) is 12.9. The summed E-state index contributed by atoms with van der Waals surface area (Å²) in [4.78, 5) is 16.9. The van der Waals surface area contributed by atoms with Crippen molar-refractivity contribution >= 4 is 44.5 Å². The maximum Gasteiger partial charge on any atom is 0.259 e. The van der Waals surface area contributed by atoms with Crippen LogP contribution in [0.3, 0.4) is 0 Å². The SMILES string of the molecule is Cc1ccc2c(c1)-c1c(ssc1=S)C(C)(C)N2C(=O)c1ccc(C(C)(C)C)cc1. The van der Waals surface area contributed by atoms with E-state index in [0.29, 0.717) is 5.56 Å². The van der Waals surface area contributed by atoms with Crippen LogP contribution < -0.4 is 4.90 Å². The highest BCUT2D eigenvalue weighted by Crippen LogP contribution is 2.52. The zero-order valence-corrected chi connectivity index (χ0v) is 20.1. The molecule has 1 amide bonds. The Labute approximate surface area is 185 Å². The molecule has 0 bridgehead atoms. The summed E-state index contributed by atoms with van der Waals surface area (Å²) in [5, 5.41) is 0. The van der Waals surface area contributed by atoms with Crippen molar-refractivity contribution in [3.63, 3.8) is 0 Å². The molecule has 0 radical (unpaired) electrons. The predicted octanol–water partition coefficient (Wildman–Crippen LogP) is 7.71. The Bertz CT molecular complexity index is 1160. The molecular formula is C24H25NOS3. The number of carbonyl (C=O) groups excluding carboxylic acids is 1. The Hall–Kier alpha value is -1.82. The molecule has 0 saturated heterocycles. The number of hydrogen-bond acceptors (Lipinski definition) is 4. The topological polar surface area (TPSA) is 20.3 Å². The number of rotatable bonds is 1. The van der Waals surface area contributed by atoms with Crippen LogP contribution in [0.5, 0.6) is 0 Å². The molecule has 2 aromatic carbocycles. The summed E-state index contributed by atoms with van der Waals surface area (Å²) in [5.74, 6) is 0.0236. The molecule has 0 fully saturated rings. The van der Waals surface area contributed by atoms with E-state index < -0.39 is 5.54 Å². The first-order chi connectivity index (χ1) is 13.5. The van der Waals surface area contributed by atoms with Crippen molar-refractivity contribution in [2.75, 3.05) is 4.90 Å². The monoisotopic (exact) mass is 439 g/mol. The maximum absolute atomic E-state index is 13.7. The number of anilines is 1. The zero-order chi connectivity index (χ0) is 21.1. The molecule has 0 spiro atoms. The standard InChI is InChI=1S/C24H25NOS3/c1-14-7-12-18-17(13-14)19-20(28-29-22(19)27)24(5,6)25(18)21(26)15-8-10-16(11-9-15)23(2,3)4/h7-13H,1-6H3. The summed E-state index contributed by atoms with van der Waals surface area (Å²) >= 11 is 5.67. The van der Waals surface area contributed by atoms with Gasteiger partial charge in [0.05, 0.1) is 16.1 Å².